The van der Waals surface area contributed by atoms with E-state index in [4.69, 9.17) is 5.11 Å². The molecule has 0 aliphatic heterocycles. The van der Waals surface area contributed by atoms with Gasteiger partial charge in [0.25, 0.3) is 0 Å². The number of carboxylic acids is 1. The molecule has 0 saturated heterocycles. The van der Waals surface area contributed by atoms with E-state index in [0.29, 0.717) is 0 Å². The summed E-state index contributed by atoms with van der Waals surface area (Å²) in [5, 5.41) is 18.9. The van der Waals surface area contributed by atoms with Gasteiger partial charge in [0, 0.05) is 6.21 Å². The van der Waals surface area contributed by atoms with Crippen molar-refractivity contribution >= 4 is 33.9 Å². The zero-order chi connectivity index (χ0) is 16.6. The molecular formula is C13H8BrF4NO3. The number of benzene rings is 1. The van der Waals surface area contributed by atoms with Gasteiger partial charge in [-0.3, -0.25) is 4.99 Å². The third-order valence-electron chi connectivity index (χ3n) is 2.89. The van der Waals surface area contributed by atoms with Crippen molar-refractivity contribution in [1.29, 1.82) is 0 Å². The molecule has 0 spiro atoms. The van der Waals surface area contributed by atoms with E-state index in [1.165, 1.54) is 0 Å². The molecule has 1 aliphatic carbocycles. The molecule has 0 heterocycles. The van der Waals surface area contributed by atoms with Crippen molar-refractivity contribution in [3.05, 3.63) is 38.9 Å². The molecular weight excluding hydrogens is 374 g/mol. The standard InChI is InChI=1S/C13H8BrF4NO3/c14-7-6(8(15)10(17)11(18)9(7)16)12(20)5(13(21)22)3-19-4-1-2-4/h3-4,20H,1-2H2,(H,21,22). The van der Waals surface area contributed by atoms with Crippen LogP contribution in [-0.4, -0.2) is 28.4 Å². The third-order valence-corrected chi connectivity index (χ3v) is 3.64. The number of nitrogens with zero attached hydrogens (tertiary/aromatic N) is 1. The Morgan fingerprint density at radius 2 is 1.64 bits per heavy atom. The number of carbonyl (C=O) groups is 1. The molecule has 1 aromatic carbocycles. The van der Waals surface area contributed by atoms with Gasteiger partial charge in [-0.2, -0.15) is 0 Å². The van der Waals surface area contributed by atoms with Crippen LogP contribution < -0.4 is 0 Å². The van der Waals surface area contributed by atoms with E-state index in [0.717, 1.165) is 19.1 Å². The zero-order valence-corrected chi connectivity index (χ0v) is 12.3. The van der Waals surface area contributed by atoms with Crippen LogP contribution in [0.2, 0.25) is 0 Å². The highest BCUT2D eigenvalue weighted by atomic mass is 79.9. The molecule has 2 N–H and O–H groups in total. The minimum absolute atomic E-state index is 0.0999. The summed E-state index contributed by atoms with van der Waals surface area (Å²) in [5.74, 6) is -10.9. The number of carboxylic acid groups (broad SMARTS) is 1. The fourth-order valence-electron chi connectivity index (χ4n) is 1.57. The van der Waals surface area contributed by atoms with Crippen LogP contribution in [-0.2, 0) is 4.79 Å². The topological polar surface area (TPSA) is 69.9 Å². The summed E-state index contributed by atoms with van der Waals surface area (Å²) in [6.07, 6.45) is 2.25. The van der Waals surface area contributed by atoms with Crippen LogP contribution in [0.4, 0.5) is 17.6 Å². The number of aliphatic imine (C=N–C) groups is 1. The van der Waals surface area contributed by atoms with E-state index in [9.17, 15) is 27.5 Å². The van der Waals surface area contributed by atoms with Gasteiger partial charge >= 0.3 is 5.97 Å². The van der Waals surface area contributed by atoms with E-state index >= 15 is 0 Å². The molecule has 1 aliphatic rings. The number of aliphatic hydroxyl groups excluding tert-OH is 1. The average Bonchev–Trinajstić information content (AvgIpc) is 3.27. The van der Waals surface area contributed by atoms with E-state index < -0.39 is 50.6 Å². The maximum absolute atomic E-state index is 13.7. The maximum Gasteiger partial charge on any atom is 0.341 e. The highest BCUT2D eigenvalue weighted by Gasteiger charge is 2.29. The van der Waals surface area contributed by atoms with E-state index in [2.05, 4.69) is 20.9 Å². The molecule has 0 atom stereocenters. The molecule has 4 nitrogen and oxygen atoms in total. The second-order valence-electron chi connectivity index (χ2n) is 4.52. The number of halogens is 5. The summed E-state index contributed by atoms with van der Waals surface area (Å²) < 4.78 is 52.6. The van der Waals surface area contributed by atoms with Crippen molar-refractivity contribution in [3.8, 4) is 0 Å². The van der Waals surface area contributed by atoms with Crippen LogP contribution in [0.3, 0.4) is 0 Å². The number of aliphatic hydroxyl groups is 1. The molecule has 118 valence electrons. The number of hydrogen-bond acceptors (Lipinski definition) is 3. The van der Waals surface area contributed by atoms with Crippen molar-refractivity contribution in [2.24, 2.45) is 4.99 Å². The molecule has 0 unspecified atom stereocenters. The van der Waals surface area contributed by atoms with Gasteiger partial charge in [0.05, 0.1) is 16.1 Å². The molecule has 0 bridgehead atoms. The fourth-order valence-corrected chi connectivity index (χ4v) is 2.10. The summed E-state index contributed by atoms with van der Waals surface area (Å²) in [4.78, 5) is 14.9. The van der Waals surface area contributed by atoms with Crippen LogP contribution in [0.15, 0.2) is 15.0 Å². The molecule has 0 aromatic heterocycles. The predicted octanol–water partition coefficient (Wildman–Crippen LogP) is 3.59. The minimum Gasteiger partial charge on any atom is -0.506 e. The van der Waals surface area contributed by atoms with Crippen LogP contribution >= 0.6 is 15.9 Å². The van der Waals surface area contributed by atoms with Gasteiger partial charge in [-0.25, -0.2) is 22.4 Å². The van der Waals surface area contributed by atoms with Gasteiger partial charge in [-0.05, 0) is 28.8 Å². The molecule has 0 radical (unpaired) electrons. The Kier molecular flexibility index (Phi) is 4.55. The smallest absolute Gasteiger partial charge is 0.341 e. The van der Waals surface area contributed by atoms with Crippen LogP contribution in [0.1, 0.15) is 18.4 Å². The summed E-state index contributed by atoms with van der Waals surface area (Å²) in [5.41, 5.74) is -1.99. The van der Waals surface area contributed by atoms with Crippen LogP contribution in [0.5, 0.6) is 0 Å². The second-order valence-corrected chi connectivity index (χ2v) is 5.31. The van der Waals surface area contributed by atoms with Crippen molar-refractivity contribution in [3.63, 3.8) is 0 Å². The molecule has 1 fully saturated rings. The lowest BCUT2D eigenvalue weighted by molar-refractivity contribution is -0.132. The van der Waals surface area contributed by atoms with Gasteiger partial charge < -0.3 is 10.2 Å². The Bertz CT molecular complexity index is 685. The van der Waals surface area contributed by atoms with Gasteiger partial charge in [0.15, 0.2) is 23.3 Å². The van der Waals surface area contributed by atoms with Crippen molar-refractivity contribution < 1.29 is 32.6 Å². The Balaban J connectivity index is 2.66. The quantitative estimate of drug-likeness (QED) is 0.209. The SMILES string of the molecule is O=C(O)C(C=NC1CC1)=C(O)c1c(F)c(F)c(F)c(F)c1Br. The first-order valence-corrected chi connectivity index (χ1v) is 6.76. The Labute approximate surface area is 129 Å². The van der Waals surface area contributed by atoms with Crippen molar-refractivity contribution in [2.45, 2.75) is 18.9 Å². The maximum atomic E-state index is 13.7. The lowest BCUT2D eigenvalue weighted by Crippen LogP contribution is -2.10. The first kappa shape index (κ1) is 16.5. The van der Waals surface area contributed by atoms with Crippen LogP contribution in [0.25, 0.3) is 5.76 Å². The van der Waals surface area contributed by atoms with Gasteiger partial charge in [-0.15, -0.1) is 0 Å². The van der Waals surface area contributed by atoms with Crippen LogP contribution in [0, 0.1) is 23.3 Å². The van der Waals surface area contributed by atoms with Gasteiger partial charge in [0.1, 0.15) is 11.3 Å². The number of aliphatic carboxylic acids is 1. The highest BCUT2D eigenvalue weighted by Crippen LogP contribution is 2.33. The van der Waals surface area contributed by atoms with E-state index in [1.54, 1.807) is 0 Å². The largest absolute Gasteiger partial charge is 0.506 e. The van der Waals surface area contributed by atoms with Gasteiger partial charge in [-0.1, -0.05) is 0 Å². The molecule has 9 heteroatoms. The second kappa shape index (κ2) is 6.07. The monoisotopic (exact) mass is 381 g/mol. The number of rotatable bonds is 4. The number of hydrogen-bond donors (Lipinski definition) is 2. The summed E-state index contributed by atoms with van der Waals surface area (Å²) in [7, 11) is 0. The average molecular weight is 382 g/mol. The summed E-state index contributed by atoms with van der Waals surface area (Å²) >= 11 is 2.47. The first-order valence-electron chi connectivity index (χ1n) is 5.97. The van der Waals surface area contributed by atoms with E-state index in [-0.39, 0.29) is 6.04 Å². The fraction of sp³-hybridized carbons (Fsp3) is 0.231. The lowest BCUT2D eigenvalue weighted by Gasteiger charge is -2.10. The molecule has 2 rings (SSSR count). The third kappa shape index (κ3) is 2.99. The predicted molar refractivity (Wildman–Crippen MR) is 72.7 cm³/mol. The van der Waals surface area contributed by atoms with Crippen molar-refractivity contribution in [2.75, 3.05) is 0 Å². The normalized spacial score (nSPS) is 16.0. The Morgan fingerprint density at radius 1 is 1.09 bits per heavy atom. The zero-order valence-electron chi connectivity index (χ0n) is 10.7. The van der Waals surface area contributed by atoms with Gasteiger partial charge in [0.2, 0.25) is 0 Å². The van der Waals surface area contributed by atoms with Crippen molar-refractivity contribution in [1.82, 2.24) is 0 Å². The lowest BCUT2D eigenvalue weighted by atomic mass is 10.1. The molecule has 1 aromatic rings. The summed E-state index contributed by atoms with van der Waals surface area (Å²) in [6.45, 7) is 0. The molecule has 1 saturated carbocycles. The van der Waals surface area contributed by atoms with E-state index in [1.807, 2.05) is 0 Å². The first-order chi connectivity index (χ1) is 10.3. The Hall–Kier alpha value is -1.90. The minimum atomic E-state index is -2.16. The summed E-state index contributed by atoms with van der Waals surface area (Å²) in [6, 6.07) is -0.0999. The molecule has 22 heavy (non-hydrogen) atoms. The molecule has 0 amide bonds. The Morgan fingerprint density at radius 3 is 2.14 bits per heavy atom. The highest BCUT2D eigenvalue weighted by molar-refractivity contribution is 9.10.